The van der Waals surface area contributed by atoms with Crippen LogP contribution in [0.2, 0.25) is 5.02 Å². The molecule has 3 aliphatic heterocycles. The van der Waals surface area contributed by atoms with Crippen LogP contribution in [0.5, 0.6) is 11.5 Å². The van der Waals surface area contributed by atoms with Gasteiger partial charge in [-0.2, -0.15) is 0 Å². The maximum Gasteiger partial charge on any atom is 0.404 e. The molecule has 2 bridgehead atoms. The van der Waals surface area contributed by atoms with Crippen LogP contribution in [0.15, 0.2) is 90.7 Å². The molecule has 41 heteroatoms. The maximum atomic E-state index is 15.0. The SMILES string of the molecule is COc1cc2cc(c1Cl)N(C)C(=O)C[C@H](OC(=O)[C@H](C)N(C)C(=O)CCSSCCC(=O)NCCCC[C@@H](N)C(=O)N[C@H]1CSSC[C@@H](C(=O)N[C@H](C(=O)O)[C@@H](C)O)NC(=O)[C@H]([C@@H](C)O)NC(=O)[C@H](CCCCN)NC(=O)[C@@H](Cc3c[nH]c4ccccc34)NC(=O)[C@H](Cc3ccc(O)cc3)NC1=O)[C@]1(C)O[C@H]1[C@H](C)CCC(NC(=O)O)[C@H](OC)/C=C/C=C(\C)C2. The lowest BCUT2D eigenvalue weighted by Crippen LogP contribution is -2.62. The molecule has 4 heterocycles. The summed E-state index contributed by atoms with van der Waals surface area (Å²) in [5, 5.41) is 75.7. The van der Waals surface area contributed by atoms with E-state index in [-0.39, 0.29) is 98.7 Å². The molecule has 7 rings (SSSR count). The number of halogens is 1. The van der Waals surface area contributed by atoms with Crippen LogP contribution in [0.25, 0.3) is 10.9 Å². The van der Waals surface area contributed by atoms with Gasteiger partial charge in [-0.15, -0.1) is 0 Å². The molecule has 36 nitrogen and oxygen atoms in total. The number of allylic oxidation sites excluding steroid dienone is 3. The summed E-state index contributed by atoms with van der Waals surface area (Å²) in [4.78, 5) is 187. The highest BCUT2D eigenvalue weighted by Gasteiger charge is 2.62. The second-order valence-corrected chi connectivity index (χ2v) is 37.1. The van der Waals surface area contributed by atoms with Crippen molar-refractivity contribution in [2.24, 2.45) is 17.4 Å². The van der Waals surface area contributed by atoms with Gasteiger partial charge in [-0.25, -0.2) is 14.4 Å². The Morgan fingerprint density at radius 3 is 2.14 bits per heavy atom. The molecule has 1 unspecified atom stereocenters. The number of phenols is 1. The summed E-state index contributed by atoms with van der Waals surface area (Å²) in [6.45, 7) is 9.77. The number of unbranched alkanes of at least 4 members (excludes halogenated alkanes) is 2. The number of nitrogens with two attached hydrogens (primary N) is 2. The number of carbonyl (C=O) groups is 13. The second-order valence-electron chi connectivity index (χ2n) is 31.5. The molecule has 0 saturated carbocycles. The lowest BCUT2D eigenvalue weighted by Gasteiger charge is -2.29. The number of benzene rings is 3. The predicted octanol–water partition coefficient (Wildman–Crippen LogP) is 3.96. The summed E-state index contributed by atoms with van der Waals surface area (Å²) in [6.07, 6.45) is 2.08. The number of amides is 11. The number of likely N-dealkylation sites (N-methyl/N-ethyl adjacent to an activating group) is 1. The number of rotatable bonds is 33. The Hall–Kier alpha value is -9.36. The first-order valence-corrected chi connectivity index (χ1v) is 46.6. The van der Waals surface area contributed by atoms with Crippen molar-refractivity contribution in [2.75, 3.05) is 69.3 Å². The lowest BCUT2D eigenvalue weighted by molar-refractivity contribution is -0.162. The van der Waals surface area contributed by atoms with Gasteiger partial charge >= 0.3 is 18.0 Å². The topological polar surface area (TPSA) is 546 Å². The van der Waals surface area contributed by atoms with Crippen molar-refractivity contribution >= 4 is 148 Å². The standard InChI is InChI=1S/C84H119ClN14O22S4/c1-45-18-17-23-64(118-9)57(95-83(116)117)29-24-46(2)73-84(6,121-73)66(41-69(105)99(8)63-38-51(36-45)39-65(119-10)70(63)85)120-82(115)47(3)98(7)68(104)31-35-123-122-34-30-67(103)88-33-16-14-20-55(87)74(106)93-61-43-124-125-44-62(79(111)97-72(49(5)101)81(113)114)94-80(112)71(48(4)100)96-75(107)58(22-13-15-32-86)90-77(109)60(40-52-42-89-56-21-12-11-19-54(52)56)92-76(108)59(91-78(61)110)37-50-25-27-53(102)28-26-50/h11-12,17-19,21,23,25-28,38-39,42,46-49,55,57-62,64,66,71-73,89,95,100-102H,13-16,20,22,24,29-37,40-41,43-44,86-87H2,1-10H3,(H,88,103)(H,90,109)(H,91,110)(H,92,108)(H,93,106)(H,94,112)(H,96,107)(H,97,111)(H,113,114)(H,116,117)/b23-17+,45-18+/t46-,47+,48-,49-,55-,57?,58+,59+,60-,61+,62+,64-,66+,71+,72+,73+,84+/m1/s1. The van der Waals surface area contributed by atoms with Gasteiger partial charge in [0, 0.05) is 93.5 Å². The zero-order chi connectivity index (χ0) is 91.9. The molecule has 3 aromatic carbocycles. The number of nitrogens with zero attached hydrogens (tertiary/aromatic N) is 2. The number of carboxylic acids is 1. The molecule has 125 heavy (non-hydrogen) atoms. The van der Waals surface area contributed by atoms with E-state index in [1.165, 1.54) is 90.8 Å². The van der Waals surface area contributed by atoms with Gasteiger partial charge in [0.1, 0.15) is 70.5 Å². The van der Waals surface area contributed by atoms with Gasteiger partial charge in [-0.05, 0) is 152 Å². The Morgan fingerprint density at radius 2 is 1.48 bits per heavy atom. The number of fused-ring (bicyclic) bond motifs is 4. The van der Waals surface area contributed by atoms with Gasteiger partial charge in [0.05, 0.1) is 55.7 Å². The monoisotopic (exact) mass is 1840 g/mol. The second kappa shape index (κ2) is 50.3. The number of phenolic OH excluding ortho intramolecular Hbond substituents is 1. The molecular weight excluding hydrogens is 1720 g/mol. The van der Waals surface area contributed by atoms with Gasteiger partial charge in [-0.3, -0.25) is 47.9 Å². The summed E-state index contributed by atoms with van der Waals surface area (Å²) in [5.41, 5.74) is 14.8. The highest BCUT2D eigenvalue weighted by molar-refractivity contribution is 8.77. The fourth-order valence-corrected chi connectivity index (χ4v) is 18.8. The van der Waals surface area contributed by atoms with Crippen molar-refractivity contribution < 1.29 is 107 Å². The first-order valence-electron chi connectivity index (χ1n) is 41.3. The van der Waals surface area contributed by atoms with E-state index in [9.17, 15) is 83.1 Å². The minimum atomic E-state index is -1.88. The van der Waals surface area contributed by atoms with Crippen molar-refractivity contribution in [3.63, 3.8) is 0 Å². The molecule has 3 aliphatic rings. The van der Waals surface area contributed by atoms with Gasteiger partial charge in [0.25, 0.3) is 0 Å². The summed E-state index contributed by atoms with van der Waals surface area (Å²) in [7, 11) is 10.4. The van der Waals surface area contributed by atoms with E-state index >= 15 is 4.79 Å². The average Bonchev–Trinajstić information content (AvgIpc) is 1.58. The number of epoxide rings is 1. The number of para-hydroxylation sites is 1. The number of ether oxygens (including phenoxy) is 4. The smallest absolute Gasteiger partial charge is 0.404 e. The zero-order valence-electron chi connectivity index (χ0n) is 71.7. The number of aromatic amines is 1. The first-order chi connectivity index (χ1) is 59.4. The highest BCUT2D eigenvalue weighted by Crippen LogP contribution is 2.48. The van der Waals surface area contributed by atoms with Crippen LogP contribution in [0.3, 0.4) is 0 Å². The number of carboxylic acid groups (broad SMARTS) is 2. The fraction of sp³-hybridized carbons (Fsp3) is 0.560. The van der Waals surface area contributed by atoms with E-state index in [0.29, 0.717) is 83.5 Å². The number of carbonyl (C=O) groups excluding carboxylic acids is 11. The minimum Gasteiger partial charge on any atom is -0.508 e. The summed E-state index contributed by atoms with van der Waals surface area (Å²) < 4.78 is 24.0. The van der Waals surface area contributed by atoms with Crippen LogP contribution in [-0.2, 0) is 91.0 Å². The van der Waals surface area contributed by atoms with Gasteiger partial charge < -0.3 is 119 Å². The predicted molar refractivity (Wildman–Crippen MR) is 477 cm³/mol. The van der Waals surface area contributed by atoms with E-state index in [0.717, 1.165) is 39.6 Å². The largest absolute Gasteiger partial charge is 0.508 e. The first kappa shape index (κ1) is 103. The van der Waals surface area contributed by atoms with Crippen molar-refractivity contribution in [1.29, 1.82) is 0 Å². The van der Waals surface area contributed by atoms with Crippen LogP contribution < -0.4 is 69.0 Å². The van der Waals surface area contributed by atoms with Crippen molar-refractivity contribution in [1.82, 2.24) is 57.7 Å². The number of aliphatic carboxylic acids is 1. The number of nitrogens with one attached hydrogen (secondary N) is 10. The number of hydrogen-bond donors (Lipinski definition) is 17. The Balaban J connectivity index is 0.968. The van der Waals surface area contributed by atoms with E-state index in [2.05, 4.69) is 52.8 Å². The Kier molecular flexibility index (Phi) is 41.3. The third-order valence-electron chi connectivity index (χ3n) is 21.8. The van der Waals surface area contributed by atoms with Crippen molar-refractivity contribution in [3.05, 3.63) is 112 Å². The number of methoxy groups -OCH3 is 2. The van der Waals surface area contributed by atoms with Crippen molar-refractivity contribution in [3.8, 4) is 11.5 Å². The van der Waals surface area contributed by atoms with Crippen LogP contribution >= 0.6 is 54.8 Å². The zero-order valence-corrected chi connectivity index (χ0v) is 75.7. The fourth-order valence-electron chi connectivity index (χ4n) is 14.2. The molecule has 2 fully saturated rings. The third kappa shape index (κ3) is 31.3. The third-order valence-corrected chi connectivity index (χ3v) is 27.0. The van der Waals surface area contributed by atoms with E-state index in [1.807, 2.05) is 19.9 Å². The maximum absolute atomic E-state index is 15.0. The molecule has 0 radical (unpaired) electrons. The normalized spacial score (nSPS) is 24.8. The minimum absolute atomic E-state index is 0.00983. The molecule has 1 aromatic heterocycles. The molecule has 19 N–H and O–H groups in total. The quantitative estimate of drug-likeness (QED) is 0.0139. The van der Waals surface area contributed by atoms with Crippen LogP contribution in [0.4, 0.5) is 10.5 Å². The van der Waals surface area contributed by atoms with Gasteiger partial charge in [0.2, 0.25) is 59.1 Å². The van der Waals surface area contributed by atoms with E-state index < -0.39 is 168 Å². The Labute approximate surface area is 747 Å². The number of aromatic hydroxyl groups is 1. The molecule has 688 valence electrons. The molecule has 11 amide bonds. The van der Waals surface area contributed by atoms with Gasteiger partial charge in [0.15, 0.2) is 6.04 Å². The van der Waals surface area contributed by atoms with Crippen LogP contribution in [0.1, 0.15) is 129 Å². The molecule has 0 aliphatic carbocycles. The molecule has 4 aromatic rings. The van der Waals surface area contributed by atoms with Crippen LogP contribution in [0, 0.1) is 5.92 Å². The molecule has 0 spiro atoms. The number of H-pyrrole nitrogens is 1. The number of esters is 1. The average molecular weight is 1840 g/mol. The van der Waals surface area contributed by atoms with E-state index in [1.54, 1.807) is 68.7 Å². The number of aliphatic hydroxyl groups excluding tert-OH is 2. The number of anilines is 1. The summed E-state index contributed by atoms with van der Waals surface area (Å²) >= 11 is 6.86. The molecule has 2 saturated heterocycles. The number of aromatic nitrogens is 1. The molecule has 17 atom stereocenters. The van der Waals surface area contributed by atoms with Crippen molar-refractivity contribution in [2.45, 2.75) is 228 Å². The van der Waals surface area contributed by atoms with Gasteiger partial charge in [-0.1, -0.05) is 116 Å². The number of hydrogen-bond acceptors (Lipinski definition) is 26. The van der Waals surface area contributed by atoms with Crippen LogP contribution in [-0.4, -0.2) is 273 Å². The summed E-state index contributed by atoms with van der Waals surface area (Å²) in [6, 6.07) is 2.03. The van der Waals surface area contributed by atoms with E-state index in [4.69, 9.17) is 42.0 Å². The highest BCUT2D eigenvalue weighted by atomic mass is 35.5. The lowest BCUT2D eigenvalue weighted by atomic mass is 9.87. The Bertz CT molecular complexity index is 4450. The Morgan fingerprint density at radius 1 is 0.816 bits per heavy atom. The summed E-state index contributed by atoms with van der Waals surface area (Å²) in [5.74, 6) is -10.4. The molecular formula is C84H119ClN14O22S4. The number of aliphatic hydroxyl groups is 2.